The number of benzene rings is 2. The summed E-state index contributed by atoms with van der Waals surface area (Å²) >= 11 is 0. The first kappa shape index (κ1) is 23.2. The molecule has 1 radical (unpaired) electrons. The third-order valence-corrected chi connectivity index (χ3v) is 6.12. The molecule has 1 saturated carbocycles. The SMILES string of the molecule is CC(=O)N(O)O[N]C(c1ccc(OCc2ccc3ccccc3n2)cc1)C1CCCCCC1. The first-order chi connectivity index (χ1) is 16.1. The molecule has 33 heavy (non-hydrogen) atoms. The van der Waals surface area contributed by atoms with Gasteiger partial charge >= 0.3 is 0 Å². The van der Waals surface area contributed by atoms with E-state index in [9.17, 15) is 10.0 Å². The number of hydrogen-bond acceptors (Lipinski definition) is 5. The lowest BCUT2D eigenvalue weighted by Crippen LogP contribution is -2.33. The number of para-hydroxylation sites is 1. The molecular formula is C26H30N3O4. The quantitative estimate of drug-likeness (QED) is 0.279. The highest BCUT2D eigenvalue weighted by Gasteiger charge is 2.27. The Labute approximate surface area is 194 Å². The molecule has 1 aromatic heterocycles. The Morgan fingerprint density at radius 2 is 1.79 bits per heavy atom. The van der Waals surface area contributed by atoms with Crippen molar-refractivity contribution in [1.82, 2.24) is 15.7 Å². The third-order valence-electron chi connectivity index (χ3n) is 6.12. The first-order valence-electron chi connectivity index (χ1n) is 11.5. The fraction of sp³-hybridized carbons (Fsp3) is 0.385. The molecule has 1 heterocycles. The zero-order chi connectivity index (χ0) is 23.0. The number of rotatable bonds is 8. The molecule has 1 aliphatic rings. The normalized spacial score (nSPS) is 15.7. The highest BCUT2D eigenvalue weighted by molar-refractivity contribution is 5.78. The number of pyridine rings is 1. The Hall–Kier alpha value is -3.00. The van der Waals surface area contributed by atoms with E-state index in [4.69, 9.17) is 9.68 Å². The summed E-state index contributed by atoms with van der Waals surface area (Å²) in [4.78, 5) is 21.0. The van der Waals surface area contributed by atoms with Crippen molar-refractivity contribution in [2.24, 2.45) is 5.92 Å². The lowest BCUT2D eigenvalue weighted by molar-refractivity contribution is -0.351. The van der Waals surface area contributed by atoms with Crippen molar-refractivity contribution in [1.29, 1.82) is 0 Å². The lowest BCUT2D eigenvalue weighted by Gasteiger charge is -2.26. The molecule has 1 unspecified atom stereocenters. The number of carbonyl (C=O) groups is 1. The van der Waals surface area contributed by atoms with Crippen LogP contribution in [0.25, 0.3) is 10.9 Å². The van der Waals surface area contributed by atoms with Crippen molar-refractivity contribution in [3.8, 4) is 5.75 Å². The first-order valence-corrected chi connectivity index (χ1v) is 11.5. The average molecular weight is 449 g/mol. The van der Waals surface area contributed by atoms with Gasteiger partial charge in [0.1, 0.15) is 12.4 Å². The summed E-state index contributed by atoms with van der Waals surface area (Å²) in [6.07, 6.45) is 6.81. The summed E-state index contributed by atoms with van der Waals surface area (Å²) in [5.74, 6) is 0.410. The minimum atomic E-state index is -0.621. The molecule has 1 atom stereocenters. The molecule has 0 aliphatic heterocycles. The van der Waals surface area contributed by atoms with Gasteiger partial charge in [-0.05, 0) is 48.6 Å². The molecule has 7 nitrogen and oxygen atoms in total. The minimum Gasteiger partial charge on any atom is -0.487 e. The zero-order valence-corrected chi connectivity index (χ0v) is 18.9. The molecule has 2 aromatic carbocycles. The maximum atomic E-state index is 11.3. The van der Waals surface area contributed by atoms with Crippen LogP contribution < -0.4 is 10.2 Å². The van der Waals surface area contributed by atoms with Gasteiger partial charge in [-0.1, -0.05) is 72.8 Å². The van der Waals surface area contributed by atoms with Gasteiger partial charge in [0, 0.05) is 12.3 Å². The van der Waals surface area contributed by atoms with E-state index in [-0.39, 0.29) is 11.3 Å². The number of aromatic nitrogens is 1. The monoisotopic (exact) mass is 448 g/mol. The summed E-state index contributed by atoms with van der Waals surface area (Å²) in [5.41, 5.74) is 7.02. The van der Waals surface area contributed by atoms with Crippen LogP contribution in [-0.4, -0.2) is 21.3 Å². The van der Waals surface area contributed by atoms with Gasteiger partial charge in [-0.25, -0.2) is 4.98 Å². The molecule has 1 fully saturated rings. The number of nitrogens with zero attached hydrogens (tertiary/aromatic N) is 3. The molecule has 173 valence electrons. The highest BCUT2D eigenvalue weighted by atomic mass is 17.0. The molecule has 0 saturated heterocycles. The standard InChI is InChI=1S/C26H30N3O4/c1-19(30)29(31)33-28-26(21-9-4-2-3-5-10-21)22-13-16-24(17-14-22)32-18-23-15-12-20-8-6-7-11-25(20)27-23/h6-8,11-17,21,26,31H,2-5,9-10,18H2,1H3. The van der Waals surface area contributed by atoms with Crippen molar-refractivity contribution in [3.63, 3.8) is 0 Å². The Kier molecular flexibility index (Phi) is 7.88. The van der Waals surface area contributed by atoms with Gasteiger partial charge in [0.05, 0.1) is 17.3 Å². The second-order valence-corrected chi connectivity index (χ2v) is 8.53. The third kappa shape index (κ3) is 6.28. The fourth-order valence-corrected chi connectivity index (χ4v) is 4.31. The summed E-state index contributed by atoms with van der Waals surface area (Å²) < 4.78 is 5.95. The van der Waals surface area contributed by atoms with Crippen LogP contribution in [-0.2, 0) is 16.3 Å². The van der Waals surface area contributed by atoms with Gasteiger partial charge in [0.25, 0.3) is 5.91 Å². The van der Waals surface area contributed by atoms with E-state index in [2.05, 4.69) is 16.5 Å². The predicted octanol–water partition coefficient (Wildman–Crippen LogP) is 5.51. The number of ether oxygens (including phenoxy) is 1. The Balaban J connectivity index is 1.43. The average Bonchev–Trinajstić information content (AvgIpc) is 3.13. The number of fused-ring (bicyclic) bond motifs is 1. The molecule has 1 amide bonds. The molecule has 7 heteroatoms. The van der Waals surface area contributed by atoms with Crippen molar-refractivity contribution < 1.29 is 19.7 Å². The van der Waals surface area contributed by atoms with Gasteiger partial charge < -0.3 is 4.74 Å². The van der Waals surface area contributed by atoms with Crippen LogP contribution in [0.1, 0.15) is 62.7 Å². The largest absolute Gasteiger partial charge is 0.487 e. The maximum Gasteiger partial charge on any atom is 0.272 e. The summed E-state index contributed by atoms with van der Waals surface area (Å²) in [6.45, 7) is 1.59. The van der Waals surface area contributed by atoms with Gasteiger partial charge in [-0.15, -0.1) is 4.94 Å². The Morgan fingerprint density at radius 3 is 2.52 bits per heavy atom. The smallest absolute Gasteiger partial charge is 0.272 e. The van der Waals surface area contributed by atoms with Crippen LogP contribution >= 0.6 is 0 Å². The van der Waals surface area contributed by atoms with E-state index in [0.717, 1.165) is 53.6 Å². The number of hydroxylamine groups is 3. The van der Waals surface area contributed by atoms with E-state index in [0.29, 0.717) is 12.5 Å². The van der Waals surface area contributed by atoms with E-state index >= 15 is 0 Å². The predicted molar refractivity (Wildman–Crippen MR) is 124 cm³/mol. The summed E-state index contributed by atoms with van der Waals surface area (Å²) in [7, 11) is 0. The van der Waals surface area contributed by atoms with Gasteiger partial charge in [-0.3, -0.25) is 10.0 Å². The number of hydrogen-bond donors (Lipinski definition) is 1. The van der Waals surface area contributed by atoms with Crippen LogP contribution in [0.5, 0.6) is 5.75 Å². The van der Waals surface area contributed by atoms with Crippen molar-refractivity contribution >= 4 is 16.8 Å². The lowest BCUT2D eigenvalue weighted by atomic mass is 9.88. The van der Waals surface area contributed by atoms with E-state index in [1.54, 1.807) is 0 Å². The molecule has 1 aliphatic carbocycles. The minimum absolute atomic E-state index is 0.178. The summed E-state index contributed by atoms with van der Waals surface area (Å²) in [5, 5.41) is 10.9. The van der Waals surface area contributed by atoms with Crippen LogP contribution in [0, 0.1) is 5.92 Å². The van der Waals surface area contributed by atoms with Crippen LogP contribution in [0.2, 0.25) is 0 Å². The van der Waals surface area contributed by atoms with Crippen LogP contribution in [0.4, 0.5) is 0 Å². The molecule has 4 rings (SSSR count). The van der Waals surface area contributed by atoms with Crippen molar-refractivity contribution in [2.75, 3.05) is 0 Å². The van der Waals surface area contributed by atoms with Crippen molar-refractivity contribution in [3.05, 3.63) is 71.9 Å². The van der Waals surface area contributed by atoms with E-state index in [1.165, 1.54) is 19.8 Å². The van der Waals surface area contributed by atoms with Crippen LogP contribution in [0.15, 0.2) is 60.7 Å². The zero-order valence-electron chi connectivity index (χ0n) is 18.9. The molecule has 0 bridgehead atoms. The van der Waals surface area contributed by atoms with Gasteiger partial charge in [0.15, 0.2) is 0 Å². The highest BCUT2D eigenvalue weighted by Crippen LogP contribution is 2.35. The maximum absolute atomic E-state index is 11.3. The molecule has 0 spiro atoms. The fourth-order valence-electron chi connectivity index (χ4n) is 4.31. The molecule has 3 aromatic rings. The Morgan fingerprint density at radius 1 is 1.06 bits per heavy atom. The van der Waals surface area contributed by atoms with E-state index in [1.807, 2.05) is 54.6 Å². The topological polar surface area (TPSA) is 86.0 Å². The second kappa shape index (κ2) is 11.2. The number of carbonyl (C=O) groups excluding carboxylic acids is 1. The van der Waals surface area contributed by atoms with E-state index < -0.39 is 5.91 Å². The Bertz CT molecular complexity index is 1050. The van der Waals surface area contributed by atoms with Crippen LogP contribution in [0.3, 0.4) is 0 Å². The van der Waals surface area contributed by atoms with Gasteiger partial charge in [0.2, 0.25) is 0 Å². The number of amides is 1. The molecular weight excluding hydrogens is 418 g/mol. The molecule has 1 N–H and O–H groups in total. The van der Waals surface area contributed by atoms with Gasteiger partial charge in [-0.2, -0.15) is 0 Å². The van der Waals surface area contributed by atoms with Crippen molar-refractivity contribution in [2.45, 2.75) is 58.1 Å². The second-order valence-electron chi connectivity index (χ2n) is 8.53. The summed E-state index contributed by atoms with van der Waals surface area (Å²) in [6, 6.07) is 19.5.